The van der Waals surface area contributed by atoms with E-state index in [-0.39, 0.29) is 22.0 Å². The predicted octanol–water partition coefficient (Wildman–Crippen LogP) is 1.60. The van der Waals surface area contributed by atoms with Gasteiger partial charge in [0.05, 0.1) is 9.37 Å². The summed E-state index contributed by atoms with van der Waals surface area (Å²) in [5, 5.41) is 0. The van der Waals surface area contributed by atoms with E-state index in [2.05, 4.69) is 20.7 Å². The quantitative estimate of drug-likeness (QED) is 0.857. The molecule has 1 aliphatic rings. The number of sulfonamides is 1. The van der Waals surface area contributed by atoms with Crippen LogP contribution in [0.4, 0.5) is 4.39 Å². The van der Waals surface area contributed by atoms with Crippen LogP contribution in [0.3, 0.4) is 0 Å². The molecule has 7 heteroatoms. The molecule has 0 amide bonds. The summed E-state index contributed by atoms with van der Waals surface area (Å²) in [4.78, 5) is -0.0812. The van der Waals surface area contributed by atoms with Gasteiger partial charge in [-0.2, -0.15) is 0 Å². The Labute approximate surface area is 114 Å². The van der Waals surface area contributed by atoms with E-state index < -0.39 is 15.8 Å². The van der Waals surface area contributed by atoms with Crippen molar-refractivity contribution in [2.75, 3.05) is 6.54 Å². The van der Waals surface area contributed by atoms with E-state index >= 15 is 0 Å². The van der Waals surface area contributed by atoms with E-state index in [0.717, 1.165) is 18.9 Å². The molecule has 0 radical (unpaired) electrons. The highest BCUT2D eigenvalue weighted by molar-refractivity contribution is 9.10. The summed E-state index contributed by atoms with van der Waals surface area (Å²) in [7, 11) is -3.71. The highest BCUT2D eigenvalue weighted by atomic mass is 79.9. The number of rotatable bonds is 5. The van der Waals surface area contributed by atoms with Crippen molar-refractivity contribution in [1.82, 2.24) is 4.72 Å². The number of hydrogen-bond acceptors (Lipinski definition) is 3. The molecule has 18 heavy (non-hydrogen) atoms. The molecule has 4 nitrogen and oxygen atoms in total. The van der Waals surface area contributed by atoms with Crippen molar-refractivity contribution in [2.45, 2.75) is 23.8 Å². The van der Waals surface area contributed by atoms with Gasteiger partial charge in [-0.15, -0.1) is 0 Å². The molecular weight excluding hydrogens is 323 g/mol. The summed E-state index contributed by atoms with van der Waals surface area (Å²) in [6, 6.07) is 3.46. The second kappa shape index (κ2) is 5.24. The first-order valence-electron chi connectivity index (χ1n) is 5.61. The maximum absolute atomic E-state index is 13.3. The number of nitrogens with two attached hydrogens (primary N) is 1. The molecule has 1 unspecified atom stereocenters. The summed E-state index contributed by atoms with van der Waals surface area (Å²) >= 11 is 2.98. The lowest BCUT2D eigenvalue weighted by Crippen LogP contribution is -2.41. The molecular formula is C11H14BrFN2O2S. The van der Waals surface area contributed by atoms with E-state index in [1.54, 1.807) is 0 Å². The van der Waals surface area contributed by atoms with E-state index in [1.807, 2.05) is 0 Å². The smallest absolute Gasteiger partial charge is 0.240 e. The average Bonchev–Trinajstić information content (AvgIpc) is 3.13. The van der Waals surface area contributed by atoms with Gasteiger partial charge in [0.25, 0.3) is 0 Å². The molecule has 3 N–H and O–H groups in total. The second-order valence-corrected chi connectivity index (χ2v) is 6.95. The maximum atomic E-state index is 13.3. The van der Waals surface area contributed by atoms with Gasteiger partial charge in [0.1, 0.15) is 5.82 Å². The van der Waals surface area contributed by atoms with Gasteiger partial charge in [-0.1, -0.05) is 0 Å². The molecule has 0 aliphatic heterocycles. The third-order valence-electron chi connectivity index (χ3n) is 2.95. The molecule has 1 aromatic rings. The Hall–Kier alpha value is -0.500. The van der Waals surface area contributed by atoms with Crippen molar-refractivity contribution in [1.29, 1.82) is 0 Å². The molecule has 100 valence electrons. The van der Waals surface area contributed by atoms with Gasteiger partial charge in [-0.05, 0) is 52.9 Å². The van der Waals surface area contributed by atoms with Crippen molar-refractivity contribution in [3.8, 4) is 0 Å². The van der Waals surface area contributed by atoms with Crippen LogP contribution in [0.15, 0.2) is 27.6 Å². The Morgan fingerprint density at radius 1 is 1.50 bits per heavy atom. The van der Waals surface area contributed by atoms with Gasteiger partial charge in [0.15, 0.2) is 0 Å². The van der Waals surface area contributed by atoms with Crippen molar-refractivity contribution < 1.29 is 12.8 Å². The van der Waals surface area contributed by atoms with Crippen molar-refractivity contribution in [3.63, 3.8) is 0 Å². The average molecular weight is 337 g/mol. The minimum Gasteiger partial charge on any atom is -0.329 e. The fraction of sp³-hybridized carbons (Fsp3) is 0.455. The van der Waals surface area contributed by atoms with Gasteiger partial charge in [0.2, 0.25) is 10.0 Å². The van der Waals surface area contributed by atoms with Crippen LogP contribution in [-0.4, -0.2) is 21.0 Å². The van der Waals surface area contributed by atoms with Crippen molar-refractivity contribution in [3.05, 3.63) is 28.5 Å². The van der Waals surface area contributed by atoms with Crippen LogP contribution in [0.25, 0.3) is 0 Å². The molecule has 0 heterocycles. The zero-order valence-electron chi connectivity index (χ0n) is 9.57. The number of benzene rings is 1. The fourth-order valence-electron chi connectivity index (χ4n) is 1.75. The van der Waals surface area contributed by atoms with Crippen LogP contribution in [0.1, 0.15) is 12.8 Å². The van der Waals surface area contributed by atoms with Gasteiger partial charge in [0, 0.05) is 12.6 Å². The van der Waals surface area contributed by atoms with E-state index in [1.165, 1.54) is 12.1 Å². The molecule has 1 saturated carbocycles. The first-order valence-corrected chi connectivity index (χ1v) is 7.89. The molecule has 0 aromatic heterocycles. The fourth-order valence-corrected chi connectivity index (χ4v) is 3.32. The Morgan fingerprint density at radius 3 is 2.67 bits per heavy atom. The molecule has 1 aliphatic carbocycles. The van der Waals surface area contributed by atoms with Gasteiger partial charge < -0.3 is 5.73 Å². The molecule has 1 aromatic carbocycles. The van der Waals surface area contributed by atoms with Crippen molar-refractivity contribution in [2.24, 2.45) is 11.7 Å². The van der Waals surface area contributed by atoms with Gasteiger partial charge >= 0.3 is 0 Å². The predicted molar refractivity (Wildman–Crippen MR) is 70.0 cm³/mol. The van der Waals surface area contributed by atoms with Crippen LogP contribution in [-0.2, 0) is 10.0 Å². The Kier molecular flexibility index (Phi) is 4.05. The second-order valence-electron chi connectivity index (χ2n) is 4.38. The lowest BCUT2D eigenvalue weighted by Gasteiger charge is -2.16. The molecule has 0 bridgehead atoms. The van der Waals surface area contributed by atoms with Gasteiger partial charge in [-0.3, -0.25) is 0 Å². The zero-order chi connectivity index (χ0) is 13.3. The number of nitrogens with one attached hydrogen (secondary N) is 1. The summed E-state index contributed by atoms with van der Waals surface area (Å²) < 4.78 is 40.2. The lowest BCUT2D eigenvalue weighted by atomic mass is 10.2. The molecule has 2 rings (SSSR count). The monoisotopic (exact) mass is 336 g/mol. The van der Waals surface area contributed by atoms with Crippen LogP contribution >= 0.6 is 15.9 Å². The third kappa shape index (κ3) is 3.09. The minimum absolute atomic E-state index is 0.0812. The first kappa shape index (κ1) is 13.9. The largest absolute Gasteiger partial charge is 0.329 e. The van der Waals surface area contributed by atoms with Gasteiger partial charge in [-0.25, -0.2) is 17.5 Å². The van der Waals surface area contributed by atoms with E-state index in [9.17, 15) is 12.8 Å². The zero-order valence-corrected chi connectivity index (χ0v) is 12.0. The third-order valence-corrected chi connectivity index (χ3v) is 5.08. The topological polar surface area (TPSA) is 72.2 Å². The summed E-state index contributed by atoms with van der Waals surface area (Å²) in [5.74, 6) is -0.293. The van der Waals surface area contributed by atoms with E-state index in [0.29, 0.717) is 5.92 Å². The Bertz CT molecular complexity index is 546. The van der Waals surface area contributed by atoms with Crippen LogP contribution in [0.5, 0.6) is 0 Å². The first-order chi connectivity index (χ1) is 8.44. The number of hydrogen-bond donors (Lipinski definition) is 2. The SMILES string of the molecule is NCC(NS(=O)(=O)c1ccc(Br)c(F)c1)C1CC1. The van der Waals surface area contributed by atoms with Crippen LogP contribution in [0, 0.1) is 11.7 Å². The van der Waals surface area contributed by atoms with Crippen molar-refractivity contribution >= 4 is 26.0 Å². The summed E-state index contributed by atoms with van der Waals surface area (Å²) in [6.45, 7) is 0.253. The minimum atomic E-state index is -3.71. The van der Waals surface area contributed by atoms with Crippen LogP contribution in [0.2, 0.25) is 0 Å². The molecule has 0 saturated heterocycles. The molecule has 1 atom stereocenters. The van der Waals surface area contributed by atoms with Crippen LogP contribution < -0.4 is 10.5 Å². The summed E-state index contributed by atoms with van der Waals surface area (Å²) in [6.07, 6.45) is 1.97. The lowest BCUT2D eigenvalue weighted by molar-refractivity contribution is 0.518. The summed E-state index contributed by atoms with van der Waals surface area (Å²) in [5.41, 5.74) is 5.54. The number of halogens is 2. The Morgan fingerprint density at radius 2 is 2.17 bits per heavy atom. The van der Waals surface area contributed by atoms with E-state index in [4.69, 9.17) is 5.73 Å². The highest BCUT2D eigenvalue weighted by Crippen LogP contribution is 2.33. The standard InChI is InChI=1S/C11H14BrFN2O2S/c12-9-4-3-8(5-10(9)13)18(16,17)15-11(6-14)7-1-2-7/h3-5,7,11,15H,1-2,6,14H2. The normalized spacial score (nSPS) is 17.7. The maximum Gasteiger partial charge on any atom is 0.240 e. The highest BCUT2D eigenvalue weighted by Gasteiger charge is 2.33. The molecule has 0 spiro atoms. The Balaban J connectivity index is 2.21. The molecule has 1 fully saturated rings.